The molecule has 1 N–H and O–H groups in total. The monoisotopic (exact) mass is 367 g/mol. The third-order valence-corrected chi connectivity index (χ3v) is 6.51. The van der Waals surface area contributed by atoms with Crippen LogP contribution >= 0.6 is 23.1 Å². The van der Waals surface area contributed by atoms with Gasteiger partial charge in [-0.2, -0.15) is 0 Å². The number of ether oxygens (including phenoxy) is 2. The van der Waals surface area contributed by atoms with Gasteiger partial charge in [0.1, 0.15) is 0 Å². The van der Waals surface area contributed by atoms with Crippen molar-refractivity contribution in [1.29, 1.82) is 0 Å². The van der Waals surface area contributed by atoms with E-state index >= 15 is 0 Å². The van der Waals surface area contributed by atoms with Crippen LogP contribution in [0, 0.1) is 0 Å². The number of thioether (sulfide) groups is 1. The Labute approximate surface area is 152 Å². The maximum Gasteiger partial charge on any atom is 0.265 e. The van der Waals surface area contributed by atoms with Gasteiger partial charge in [0.25, 0.3) is 5.91 Å². The van der Waals surface area contributed by atoms with Crippen molar-refractivity contribution in [3.63, 3.8) is 0 Å². The highest BCUT2D eigenvalue weighted by Crippen LogP contribution is 2.45. The van der Waals surface area contributed by atoms with E-state index in [9.17, 15) is 4.79 Å². The van der Waals surface area contributed by atoms with E-state index in [1.807, 2.05) is 36.0 Å². The van der Waals surface area contributed by atoms with E-state index in [2.05, 4.69) is 23.5 Å². The highest BCUT2D eigenvalue weighted by molar-refractivity contribution is 7.98. The highest BCUT2D eigenvalue weighted by Gasteiger charge is 2.22. The SMILES string of the molecule is O=C(Nc1ccc2c(c1)OCO2)c1cc2c(s1)-c1ccccc1SC2. The normalized spacial score (nSPS) is 13.9. The second kappa shape index (κ2) is 5.82. The molecule has 0 aliphatic carbocycles. The minimum absolute atomic E-state index is 0.0965. The maximum atomic E-state index is 12.7. The number of carbonyl (C=O) groups excluding carboxylic acids is 1. The maximum absolute atomic E-state index is 12.7. The number of rotatable bonds is 2. The van der Waals surface area contributed by atoms with Crippen LogP contribution in [0.15, 0.2) is 53.4 Å². The average molecular weight is 367 g/mol. The van der Waals surface area contributed by atoms with Crippen LogP contribution in [-0.2, 0) is 5.75 Å². The fraction of sp³-hybridized carbons (Fsp3) is 0.105. The Balaban J connectivity index is 1.43. The first kappa shape index (κ1) is 14.9. The fourth-order valence-electron chi connectivity index (χ4n) is 2.98. The van der Waals surface area contributed by atoms with E-state index < -0.39 is 0 Å². The Morgan fingerprint density at radius 2 is 1.92 bits per heavy atom. The largest absolute Gasteiger partial charge is 0.454 e. The molecule has 2 aliphatic heterocycles. The smallest absolute Gasteiger partial charge is 0.265 e. The standard InChI is InChI=1S/C19H13NO3S2/c21-19(20-12-5-6-14-15(8-12)23-10-22-14)17-7-11-9-24-16-4-2-1-3-13(16)18(11)25-17/h1-8H,9-10H2,(H,20,21). The number of thiophene rings is 1. The second-order valence-corrected chi connectivity index (χ2v) is 7.84. The van der Waals surface area contributed by atoms with Gasteiger partial charge in [-0.05, 0) is 29.8 Å². The summed E-state index contributed by atoms with van der Waals surface area (Å²) >= 11 is 3.37. The van der Waals surface area contributed by atoms with Gasteiger partial charge >= 0.3 is 0 Å². The summed E-state index contributed by atoms with van der Waals surface area (Å²) in [6.07, 6.45) is 0. The van der Waals surface area contributed by atoms with E-state index in [0.717, 1.165) is 10.6 Å². The van der Waals surface area contributed by atoms with E-state index in [-0.39, 0.29) is 12.7 Å². The predicted octanol–water partition coefficient (Wildman–Crippen LogP) is 5.00. The van der Waals surface area contributed by atoms with Crippen LogP contribution in [0.2, 0.25) is 0 Å². The van der Waals surface area contributed by atoms with Crippen molar-refractivity contribution in [2.24, 2.45) is 0 Å². The number of fused-ring (bicyclic) bond motifs is 4. The molecule has 6 heteroatoms. The lowest BCUT2D eigenvalue weighted by molar-refractivity contribution is 0.103. The van der Waals surface area contributed by atoms with E-state index in [1.165, 1.54) is 20.9 Å². The fourth-order valence-corrected chi connectivity index (χ4v) is 5.29. The molecule has 5 rings (SSSR count). The lowest BCUT2D eigenvalue weighted by atomic mass is 10.1. The van der Waals surface area contributed by atoms with Gasteiger partial charge in [-0.3, -0.25) is 4.79 Å². The Bertz CT molecular complexity index is 996. The van der Waals surface area contributed by atoms with E-state index in [4.69, 9.17) is 9.47 Å². The molecule has 0 atom stereocenters. The van der Waals surface area contributed by atoms with Crippen molar-refractivity contribution in [2.45, 2.75) is 10.6 Å². The lowest BCUT2D eigenvalue weighted by Crippen LogP contribution is -2.09. The van der Waals surface area contributed by atoms with Gasteiger partial charge in [0.2, 0.25) is 6.79 Å². The minimum atomic E-state index is -0.0965. The highest BCUT2D eigenvalue weighted by atomic mass is 32.2. The molecule has 0 unspecified atom stereocenters. The summed E-state index contributed by atoms with van der Waals surface area (Å²) in [5, 5.41) is 2.95. The summed E-state index contributed by atoms with van der Waals surface area (Å²) in [6.45, 7) is 0.224. The average Bonchev–Trinajstić information content (AvgIpc) is 3.28. The van der Waals surface area contributed by atoms with Crippen LogP contribution in [-0.4, -0.2) is 12.7 Å². The first-order valence-electron chi connectivity index (χ1n) is 7.84. The molecule has 0 bridgehead atoms. The summed E-state index contributed by atoms with van der Waals surface area (Å²) in [5.74, 6) is 2.17. The summed E-state index contributed by atoms with van der Waals surface area (Å²) < 4.78 is 10.7. The van der Waals surface area contributed by atoms with Gasteiger partial charge in [0.15, 0.2) is 11.5 Å². The molecule has 124 valence electrons. The van der Waals surface area contributed by atoms with Gasteiger partial charge in [0, 0.05) is 32.8 Å². The van der Waals surface area contributed by atoms with Crippen molar-refractivity contribution in [3.8, 4) is 21.9 Å². The number of hydrogen-bond acceptors (Lipinski definition) is 5. The van der Waals surface area contributed by atoms with Gasteiger partial charge < -0.3 is 14.8 Å². The summed E-state index contributed by atoms with van der Waals surface area (Å²) in [6, 6.07) is 15.8. The molecular formula is C19H13NO3S2. The third kappa shape index (κ3) is 2.58. The lowest BCUT2D eigenvalue weighted by Gasteiger charge is -2.14. The molecular weight excluding hydrogens is 354 g/mol. The summed E-state index contributed by atoms with van der Waals surface area (Å²) in [7, 11) is 0. The Hall–Kier alpha value is -2.44. The zero-order valence-electron chi connectivity index (χ0n) is 13.1. The molecule has 0 spiro atoms. The number of benzene rings is 2. The molecule has 0 radical (unpaired) electrons. The van der Waals surface area contributed by atoms with Gasteiger partial charge in [-0.25, -0.2) is 0 Å². The van der Waals surface area contributed by atoms with Crippen molar-refractivity contribution in [3.05, 3.63) is 59.0 Å². The second-order valence-electron chi connectivity index (χ2n) is 5.77. The van der Waals surface area contributed by atoms with Crippen LogP contribution in [0.4, 0.5) is 5.69 Å². The van der Waals surface area contributed by atoms with Crippen molar-refractivity contribution < 1.29 is 14.3 Å². The number of amides is 1. The number of anilines is 1. The first-order chi connectivity index (χ1) is 12.3. The summed E-state index contributed by atoms with van der Waals surface area (Å²) in [4.78, 5) is 15.9. The van der Waals surface area contributed by atoms with Crippen LogP contribution in [0.5, 0.6) is 11.5 Å². The van der Waals surface area contributed by atoms with Crippen LogP contribution in [0.1, 0.15) is 15.2 Å². The Morgan fingerprint density at radius 1 is 1.04 bits per heavy atom. The molecule has 1 amide bonds. The van der Waals surface area contributed by atoms with E-state index in [0.29, 0.717) is 17.2 Å². The molecule has 0 fully saturated rings. The molecule has 2 aromatic carbocycles. The number of hydrogen-bond donors (Lipinski definition) is 1. The molecule has 3 aromatic rings. The van der Waals surface area contributed by atoms with Crippen molar-refractivity contribution in [1.82, 2.24) is 0 Å². The van der Waals surface area contributed by atoms with Gasteiger partial charge in [-0.1, -0.05) is 18.2 Å². The first-order valence-corrected chi connectivity index (χ1v) is 9.64. The Kier molecular flexibility index (Phi) is 3.46. The molecule has 25 heavy (non-hydrogen) atoms. The molecule has 0 saturated heterocycles. The topological polar surface area (TPSA) is 47.6 Å². The molecule has 0 saturated carbocycles. The minimum Gasteiger partial charge on any atom is -0.454 e. The van der Waals surface area contributed by atoms with Crippen LogP contribution < -0.4 is 14.8 Å². The van der Waals surface area contributed by atoms with E-state index in [1.54, 1.807) is 17.4 Å². The van der Waals surface area contributed by atoms with Gasteiger partial charge in [0.05, 0.1) is 4.88 Å². The molecule has 2 aliphatic rings. The van der Waals surface area contributed by atoms with Crippen LogP contribution in [0.3, 0.4) is 0 Å². The predicted molar refractivity (Wildman–Crippen MR) is 99.8 cm³/mol. The Morgan fingerprint density at radius 3 is 2.88 bits per heavy atom. The third-order valence-electron chi connectivity index (χ3n) is 4.18. The van der Waals surface area contributed by atoms with Crippen molar-refractivity contribution in [2.75, 3.05) is 12.1 Å². The van der Waals surface area contributed by atoms with Crippen molar-refractivity contribution >= 4 is 34.7 Å². The van der Waals surface area contributed by atoms with Crippen LogP contribution in [0.25, 0.3) is 10.4 Å². The zero-order valence-corrected chi connectivity index (χ0v) is 14.7. The number of carbonyl (C=O) groups is 1. The molecule has 3 heterocycles. The molecule has 4 nitrogen and oxygen atoms in total. The molecule has 1 aromatic heterocycles. The number of nitrogens with one attached hydrogen (secondary N) is 1. The van der Waals surface area contributed by atoms with Gasteiger partial charge in [-0.15, -0.1) is 23.1 Å². The zero-order chi connectivity index (χ0) is 16.8. The summed E-state index contributed by atoms with van der Waals surface area (Å²) in [5.41, 5.74) is 3.15. The quantitative estimate of drug-likeness (QED) is 0.692.